The number of aliphatic hydroxyl groups excluding tert-OH is 1. The lowest BCUT2D eigenvalue weighted by atomic mass is 10.3. The number of nitrogens with one attached hydrogen (secondary N) is 1. The Morgan fingerprint density at radius 3 is 2.80 bits per heavy atom. The summed E-state index contributed by atoms with van der Waals surface area (Å²) >= 11 is 0. The highest BCUT2D eigenvalue weighted by atomic mass is 16.6. The number of nitro groups is 1. The van der Waals surface area contributed by atoms with Crippen molar-refractivity contribution in [2.75, 3.05) is 11.9 Å². The maximum atomic E-state index is 10.5. The van der Waals surface area contributed by atoms with Crippen LogP contribution in [-0.4, -0.2) is 27.7 Å². The van der Waals surface area contributed by atoms with E-state index in [1.165, 1.54) is 12.1 Å². The van der Waals surface area contributed by atoms with Crippen molar-refractivity contribution < 1.29 is 10.0 Å². The lowest BCUT2D eigenvalue weighted by Gasteiger charge is -2.11. The molecule has 0 saturated carbocycles. The van der Waals surface area contributed by atoms with Crippen LogP contribution >= 0.6 is 0 Å². The van der Waals surface area contributed by atoms with E-state index in [1.807, 2.05) is 0 Å². The molecule has 6 nitrogen and oxygen atoms in total. The Kier molecular flexibility index (Phi) is 3.56. The molecule has 1 atom stereocenters. The number of nitrogens with zero attached hydrogens (tertiary/aromatic N) is 2. The van der Waals surface area contributed by atoms with E-state index >= 15 is 0 Å². The summed E-state index contributed by atoms with van der Waals surface area (Å²) in [4.78, 5) is 14.1. The molecule has 0 aliphatic rings. The molecule has 1 heterocycles. The number of aliphatic hydroxyl groups is 1. The van der Waals surface area contributed by atoms with E-state index < -0.39 is 4.92 Å². The Hall–Kier alpha value is -1.69. The highest BCUT2D eigenvalue weighted by Gasteiger charge is 2.12. The predicted molar refractivity (Wildman–Crippen MR) is 55.8 cm³/mol. The number of pyridine rings is 1. The number of hydrogen-bond donors (Lipinski definition) is 2. The number of hydrogen-bond acceptors (Lipinski definition) is 5. The first-order chi connectivity index (χ1) is 7.04. The molecular formula is C9H13N3O3. The van der Waals surface area contributed by atoms with Gasteiger partial charge in [-0.1, -0.05) is 0 Å². The van der Waals surface area contributed by atoms with Gasteiger partial charge in [0.2, 0.25) is 0 Å². The van der Waals surface area contributed by atoms with E-state index in [1.54, 1.807) is 13.8 Å². The van der Waals surface area contributed by atoms with E-state index in [9.17, 15) is 10.1 Å². The summed E-state index contributed by atoms with van der Waals surface area (Å²) in [6.07, 6.45) is 0. The fourth-order valence-electron chi connectivity index (χ4n) is 1.13. The molecule has 1 unspecified atom stereocenters. The lowest BCUT2D eigenvalue weighted by Crippen LogP contribution is -2.20. The van der Waals surface area contributed by atoms with Gasteiger partial charge in [0.15, 0.2) is 0 Å². The molecule has 0 fully saturated rings. The molecule has 0 radical (unpaired) electrons. The molecule has 0 aliphatic carbocycles. The van der Waals surface area contributed by atoms with Gasteiger partial charge in [-0.15, -0.1) is 0 Å². The molecule has 1 aromatic rings. The minimum Gasteiger partial charge on any atom is -0.394 e. The van der Waals surface area contributed by atoms with Gasteiger partial charge in [-0.2, -0.15) is 0 Å². The van der Waals surface area contributed by atoms with Crippen molar-refractivity contribution in [1.29, 1.82) is 0 Å². The molecule has 6 heteroatoms. The third kappa shape index (κ3) is 2.88. The maximum absolute atomic E-state index is 10.5. The third-order valence-corrected chi connectivity index (χ3v) is 1.92. The summed E-state index contributed by atoms with van der Waals surface area (Å²) in [5.74, 6) is 0.527. The van der Waals surface area contributed by atoms with Crippen molar-refractivity contribution in [2.24, 2.45) is 0 Å². The van der Waals surface area contributed by atoms with Gasteiger partial charge >= 0.3 is 0 Å². The first-order valence-electron chi connectivity index (χ1n) is 4.54. The Morgan fingerprint density at radius 1 is 1.67 bits per heavy atom. The minimum atomic E-state index is -0.471. The molecule has 0 spiro atoms. The van der Waals surface area contributed by atoms with Gasteiger partial charge in [0.1, 0.15) is 11.5 Å². The second-order valence-electron chi connectivity index (χ2n) is 3.29. The second-order valence-corrected chi connectivity index (χ2v) is 3.29. The van der Waals surface area contributed by atoms with Gasteiger partial charge in [0.25, 0.3) is 5.69 Å². The van der Waals surface area contributed by atoms with E-state index in [-0.39, 0.29) is 18.3 Å². The fraction of sp³-hybridized carbons (Fsp3) is 0.444. The van der Waals surface area contributed by atoms with Crippen molar-refractivity contribution in [3.8, 4) is 0 Å². The zero-order valence-electron chi connectivity index (χ0n) is 8.60. The number of aryl methyl sites for hydroxylation is 1. The average Bonchev–Trinajstić information content (AvgIpc) is 2.17. The molecule has 1 rings (SSSR count). The van der Waals surface area contributed by atoms with Gasteiger partial charge in [-0.3, -0.25) is 10.1 Å². The first kappa shape index (κ1) is 11.4. The molecule has 2 N–H and O–H groups in total. The minimum absolute atomic E-state index is 0.00259. The quantitative estimate of drug-likeness (QED) is 0.575. The van der Waals surface area contributed by atoms with Crippen LogP contribution in [0.1, 0.15) is 12.6 Å². The summed E-state index contributed by atoms with van der Waals surface area (Å²) in [5.41, 5.74) is 0.354. The summed E-state index contributed by atoms with van der Waals surface area (Å²) in [7, 11) is 0. The molecular weight excluding hydrogens is 198 g/mol. The fourth-order valence-corrected chi connectivity index (χ4v) is 1.13. The molecule has 0 aromatic carbocycles. The van der Waals surface area contributed by atoms with Crippen molar-refractivity contribution in [3.63, 3.8) is 0 Å². The molecule has 0 bridgehead atoms. The molecule has 0 aliphatic heterocycles. The van der Waals surface area contributed by atoms with Gasteiger partial charge in [0, 0.05) is 12.1 Å². The topological polar surface area (TPSA) is 88.3 Å². The summed E-state index contributed by atoms with van der Waals surface area (Å²) in [6.45, 7) is 3.35. The van der Waals surface area contributed by atoms with E-state index in [0.29, 0.717) is 11.5 Å². The highest BCUT2D eigenvalue weighted by molar-refractivity contribution is 5.45. The van der Waals surface area contributed by atoms with Crippen molar-refractivity contribution in [3.05, 3.63) is 27.9 Å². The van der Waals surface area contributed by atoms with Gasteiger partial charge in [0.05, 0.1) is 11.5 Å². The van der Waals surface area contributed by atoms with E-state index in [4.69, 9.17) is 5.11 Å². The van der Waals surface area contributed by atoms with Gasteiger partial charge < -0.3 is 10.4 Å². The van der Waals surface area contributed by atoms with Crippen LogP contribution in [0.2, 0.25) is 0 Å². The van der Waals surface area contributed by atoms with Crippen LogP contribution in [-0.2, 0) is 0 Å². The number of rotatable bonds is 4. The third-order valence-electron chi connectivity index (χ3n) is 1.92. The Bertz CT molecular complexity index is 368. The van der Waals surface area contributed by atoms with Crippen molar-refractivity contribution in [1.82, 2.24) is 4.98 Å². The van der Waals surface area contributed by atoms with Crippen molar-refractivity contribution in [2.45, 2.75) is 19.9 Å². The largest absolute Gasteiger partial charge is 0.394 e. The van der Waals surface area contributed by atoms with E-state index in [0.717, 1.165) is 0 Å². The zero-order chi connectivity index (χ0) is 11.4. The second kappa shape index (κ2) is 4.70. The summed E-state index contributed by atoms with van der Waals surface area (Å²) in [6, 6.07) is 2.80. The van der Waals surface area contributed by atoms with Gasteiger partial charge in [-0.05, 0) is 19.9 Å². The first-order valence-corrected chi connectivity index (χ1v) is 4.54. The van der Waals surface area contributed by atoms with Gasteiger partial charge in [-0.25, -0.2) is 4.98 Å². The van der Waals surface area contributed by atoms with Crippen molar-refractivity contribution >= 4 is 11.5 Å². The molecule has 1 aromatic heterocycles. The lowest BCUT2D eigenvalue weighted by molar-refractivity contribution is -0.385. The number of aromatic nitrogens is 1. The van der Waals surface area contributed by atoms with Crippen LogP contribution in [0.4, 0.5) is 11.5 Å². The average molecular weight is 211 g/mol. The molecule has 15 heavy (non-hydrogen) atoms. The van der Waals surface area contributed by atoms with E-state index in [2.05, 4.69) is 10.3 Å². The van der Waals surface area contributed by atoms with Crippen LogP contribution < -0.4 is 5.32 Å². The normalized spacial score (nSPS) is 12.2. The zero-order valence-corrected chi connectivity index (χ0v) is 8.60. The Morgan fingerprint density at radius 2 is 2.33 bits per heavy atom. The monoisotopic (exact) mass is 211 g/mol. The standard InChI is InChI=1S/C9H13N3O3/c1-6(5-13)10-9-4-3-8(12(14)15)7(2)11-9/h3-4,6,13H,5H2,1-2H3,(H,10,11). The summed E-state index contributed by atoms with van der Waals surface area (Å²) in [5, 5.41) is 22.2. The Labute approximate surface area is 87.1 Å². The van der Waals surface area contributed by atoms with Crippen LogP contribution in [0.3, 0.4) is 0 Å². The maximum Gasteiger partial charge on any atom is 0.290 e. The predicted octanol–water partition coefficient (Wildman–Crippen LogP) is 1.09. The smallest absolute Gasteiger partial charge is 0.290 e. The van der Waals surface area contributed by atoms with Crippen LogP contribution in [0.15, 0.2) is 12.1 Å². The number of anilines is 1. The SMILES string of the molecule is Cc1nc(NC(C)CO)ccc1[N+](=O)[O-]. The summed E-state index contributed by atoms with van der Waals surface area (Å²) < 4.78 is 0. The highest BCUT2D eigenvalue weighted by Crippen LogP contribution is 2.17. The Balaban J connectivity index is 2.87. The molecule has 0 amide bonds. The van der Waals surface area contributed by atoms with Crippen LogP contribution in [0, 0.1) is 17.0 Å². The van der Waals surface area contributed by atoms with Crippen LogP contribution in [0.25, 0.3) is 0 Å². The molecule has 82 valence electrons. The van der Waals surface area contributed by atoms with Crippen LogP contribution in [0.5, 0.6) is 0 Å². The molecule has 0 saturated heterocycles.